The molecule has 14 heavy (non-hydrogen) atoms. The first kappa shape index (κ1) is 11.2. The zero-order chi connectivity index (χ0) is 10.6. The van der Waals surface area contributed by atoms with Gasteiger partial charge in [0.15, 0.2) is 0 Å². The van der Waals surface area contributed by atoms with E-state index in [1.165, 1.54) is 12.1 Å². The van der Waals surface area contributed by atoms with E-state index in [4.69, 9.17) is 0 Å². The highest BCUT2D eigenvalue weighted by Gasteiger charge is 2.10. The molecule has 0 saturated heterocycles. The van der Waals surface area contributed by atoms with Crippen molar-refractivity contribution in [3.05, 3.63) is 34.9 Å². The lowest BCUT2D eigenvalue weighted by atomic mass is 10.0. The first-order chi connectivity index (χ1) is 6.66. The molecule has 0 aromatic heterocycles. The Kier molecular flexibility index (Phi) is 4.05. The summed E-state index contributed by atoms with van der Waals surface area (Å²) < 4.78 is 26.7. The van der Waals surface area contributed by atoms with Gasteiger partial charge < -0.3 is 0 Å². The minimum Gasteiger partial charge on any atom is -0.207 e. The zero-order valence-electron chi connectivity index (χ0n) is 8.74. The van der Waals surface area contributed by atoms with Crippen LogP contribution in [0, 0.1) is 18.6 Å². The van der Waals surface area contributed by atoms with E-state index in [0.717, 1.165) is 19.3 Å². The lowest BCUT2D eigenvalue weighted by molar-refractivity contribution is 0.540. The summed E-state index contributed by atoms with van der Waals surface area (Å²) in [6.45, 7) is 3.74. The Hall–Kier alpha value is -0.920. The van der Waals surface area contributed by atoms with Crippen LogP contribution >= 0.6 is 0 Å². The van der Waals surface area contributed by atoms with Gasteiger partial charge >= 0.3 is 0 Å². The fraction of sp³-hybridized carbons (Fsp3) is 0.500. The molecule has 0 saturated carbocycles. The largest absolute Gasteiger partial charge is 0.207 e. The maximum absolute atomic E-state index is 13.4. The van der Waals surface area contributed by atoms with Crippen molar-refractivity contribution >= 4 is 0 Å². The van der Waals surface area contributed by atoms with E-state index in [2.05, 4.69) is 6.92 Å². The predicted molar refractivity (Wildman–Crippen MR) is 54.3 cm³/mol. The Morgan fingerprint density at radius 2 is 1.86 bits per heavy atom. The fourth-order valence-electron chi connectivity index (χ4n) is 1.50. The monoisotopic (exact) mass is 198 g/mol. The summed E-state index contributed by atoms with van der Waals surface area (Å²) in [5.41, 5.74) is 0.774. The van der Waals surface area contributed by atoms with Crippen molar-refractivity contribution in [2.75, 3.05) is 0 Å². The van der Waals surface area contributed by atoms with Gasteiger partial charge in [-0.25, -0.2) is 8.78 Å². The maximum Gasteiger partial charge on any atom is 0.132 e. The molecule has 0 amide bonds. The Morgan fingerprint density at radius 3 is 2.50 bits per heavy atom. The standard InChI is InChI=1S/C12H16F2/c1-3-4-5-6-10-11(13)8-7-9(2)12(10)14/h7-8H,3-6H2,1-2H3. The number of halogens is 2. The molecule has 0 fully saturated rings. The summed E-state index contributed by atoms with van der Waals surface area (Å²) >= 11 is 0. The molecule has 0 atom stereocenters. The number of hydrogen-bond donors (Lipinski definition) is 0. The first-order valence-electron chi connectivity index (χ1n) is 5.10. The van der Waals surface area contributed by atoms with Gasteiger partial charge in [0.05, 0.1) is 0 Å². The molecular formula is C12H16F2. The van der Waals surface area contributed by atoms with Crippen molar-refractivity contribution < 1.29 is 8.78 Å². The summed E-state index contributed by atoms with van der Waals surface area (Å²) in [6.07, 6.45) is 3.45. The molecule has 0 aliphatic heterocycles. The van der Waals surface area contributed by atoms with Crippen LogP contribution in [0.4, 0.5) is 8.78 Å². The summed E-state index contributed by atoms with van der Waals surface area (Å²) in [4.78, 5) is 0. The zero-order valence-corrected chi connectivity index (χ0v) is 8.74. The van der Waals surface area contributed by atoms with Gasteiger partial charge in [-0.15, -0.1) is 0 Å². The van der Waals surface area contributed by atoms with Crippen molar-refractivity contribution in [2.24, 2.45) is 0 Å². The molecule has 1 aromatic carbocycles. The highest BCUT2D eigenvalue weighted by molar-refractivity contribution is 5.26. The topological polar surface area (TPSA) is 0 Å². The van der Waals surface area contributed by atoms with Crippen molar-refractivity contribution in [3.63, 3.8) is 0 Å². The third-order valence-electron chi connectivity index (χ3n) is 2.41. The molecule has 1 aromatic rings. The second-order valence-corrected chi connectivity index (χ2v) is 3.61. The SMILES string of the molecule is CCCCCc1c(F)ccc(C)c1F. The van der Waals surface area contributed by atoms with E-state index in [1.807, 2.05) is 0 Å². The number of unbranched alkanes of at least 4 members (excludes halogenated alkanes) is 2. The van der Waals surface area contributed by atoms with Crippen LogP contribution in [0.15, 0.2) is 12.1 Å². The van der Waals surface area contributed by atoms with E-state index in [1.54, 1.807) is 6.92 Å². The van der Waals surface area contributed by atoms with Gasteiger partial charge in [0, 0.05) is 5.56 Å². The third kappa shape index (κ3) is 2.53. The third-order valence-corrected chi connectivity index (χ3v) is 2.41. The second kappa shape index (κ2) is 5.08. The molecule has 78 valence electrons. The summed E-state index contributed by atoms with van der Waals surface area (Å²) in [7, 11) is 0. The summed E-state index contributed by atoms with van der Waals surface area (Å²) in [5, 5.41) is 0. The quantitative estimate of drug-likeness (QED) is 0.641. The van der Waals surface area contributed by atoms with Gasteiger partial charge in [-0.05, 0) is 31.4 Å². The van der Waals surface area contributed by atoms with E-state index < -0.39 is 5.82 Å². The highest BCUT2D eigenvalue weighted by Crippen LogP contribution is 2.18. The molecule has 0 nitrogen and oxygen atoms in total. The van der Waals surface area contributed by atoms with Crippen LogP contribution < -0.4 is 0 Å². The molecule has 0 spiro atoms. The van der Waals surface area contributed by atoms with E-state index >= 15 is 0 Å². The molecule has 0 aliphatic carbocycles. The number of rotatable bonds is 4. The average Bonchev–Trinajstić information content (AvgIpc) is 2.18. The van der Waals surface area contributed by atoms with Crippen LogP contribution in [0.1, 0.15) is 37.3 Å². The Morgan fingerprint density at radius 1 is 1.14 bits per heavy atom. The van der Waals surface area contributed by atoms with Crippen molar-refractivity contribution in [3.8, 4) is 0 Å². The Bertz CT molecular complexity index is 305. The van der Waals surface area contributed by atoms with Gasteiger partial charge in [0.2, 0.25) is 0 Å². The summed E-state index contributed by atoms with van der Waals surface area (Å²) in [5.74, 6) is -0.787. The molecule has 0 aliphatic rings. The summed E-state index contributed by atoms with van der Waals surface area (Å²) in [6, 6.07) is 2.83. The minimum absolute atomic E-state index is 0.249. The van der Waals surface area contributed by atoms with E-state index in [-0.39, 0.29) is 11.4 Å². The first-order valence-corrected chi connectivity index (χ1v) is 5.10. The Labute approximate surface area is 84.0 Å². The molecule has 1 rings (SSSR count). The molecule has 2 heteroatoms. The number of hydrogen-bond acceptors (Lipinski definition) is 0. The predicted octanol–water partition coefficient (Wildman–Crippen LogP) is 4.01. The van der Waals surface area contributed by atoms with Crippen LogP contribution in [0.2, 0.25) is 0 Å². The normalized spacial score (nSPS) is 10.6. The van der Waals surface area contributed by atoms with Gasteiger partial charge in [-0.2, -0.15) is 0 Å². The fourth-order valence-corrected chi connectivity index (χ4v) is 1.50. The molecule has 0 heterocycles. The van der Waals surface area contributed by atoms with Crippen molar-refractivity contribution in [2.45, 2.75) is 39.5 Å². The van der Waals surface area contributed by atoms with Crippen LogP contribution in [0.5, 0.6) is 0 Å². The van der Waals surface area contributed by atoms with Gasteiger partial charge in [-0.1, -0.05) is 25.8 Å². The van der Waals surface area contributed by atoms with Crippen LogP contribution in [-0.4, -0.2) is 0 Å². The molecule has 0 bridgehead atoms. The highest BCUT2D eigenvalue weighted by atomic mass is 19.1. The molecule has 0 N–H and O–H groups in total. The average molecular weight is 198 g/mol. The van der Waals surface area contributed by atoms with E-state index in [0.29, 0.717) is 12.0 Å². The smallest absolute Gasteiger partial charge is 0.132 e. The molecular weight excluding hydrogens is 182 g/mol. The van der Waals surface area contributed by atoms with Crippen LogP contribution in [0.3, 0.4) is 0 Å². The van der Waals surface area contributed by atoms with Crippen LogP contribution in [-0.2, 0) is 6.42 Å². The number of benzene rings is 1. The van der Waals surface area contributed by atoms with Crippen LogP contribution in [0.25, 0.3) is 0 Å². The van der Waals surface area contributed by atoms with Gasteiger partial charge in [0.1, 0.15) is 11.6 Å². The van der Waals surface area contributed by atoms with Crippen molar-refractivity contribution in [1.29, 1.82) is 0 Å². The molecule has 0 unspecified atom stereocenters. The maximum atomic E-state index is 13.4. The Balaban J connectivity index is 2.79. The van der Waals surface area contributed by atoms with Gasteiger partial charge in [-0.3, -0.25) is 0 Å². The second-order valence-electron chi connectivity index (χ2n) is 3.61. The lowest BCUT2D eigenvalue weighted by Crippen LogP contribution is -1.98. The minimum atomic E-state index is -0.413. The van der Waals surface area contributed by atoms with Gasteiger partial charge in [0.25, 0.3) is 0 Å². The number of aryl methyl sites for hydroxylation is 1. The lowest BCUT2D eigenvalue weighted by Gasteiger charge is -2.06. The molecule has 0 radical (unpaired) electrons. The van der Waals surface area contributed by atoms with E-state index in [9.17, 15) is 8.78 Å². The van der Waals surface area contributed by atoms with Crippen molar-refractivity contribution in [1.82, 2.24) is 0 Å².